The summed E-state index contributed by atoms with van der Waals surface area (Å²) in [5.41, 5.74) is 0.643. The Hall–Kier alpha value is -1.39. The topological polar surface area (TPSA) is 89.8 Å². The van der Waals surface area contributed by atoms with E-state index in [0.717, 1.165) is 0 Å². The summed E-state index contributed by atoms with van der Waals surface area (Å²) in [5.74, 6) is 0. The number of nitrogens with one attached hydrogen (secondary N) is 1. The van der Waals surface area contributed by atoms with Crippen molar-refractivity contribution >= 4 is 10.0 Å². The molecule has 1 aliphatic heterocycles. The van der Waals surface area contributed by atoms with E-state index in [1.807, 2.05) is 6.92 Å². The van der Waals surface area contributed by atoms with Gasteiger partial charge < -0.3 is 0 Å². The second kappa shape index (κ2) is 4.62. The van der Waals surface area contributed by atoms with Gasteiger partial charge in [-0.3, -0.25) is 5.10 Å². The molecule has 0 radical (unpaired) electrons. The van der Waals surface area contributed by atoms with Crippen LogP contribution in [0.1, 0.15) is 31.2 Å². The van der Waals surface area contributed by atoms with Gasteiger partial charge in [0.05, 0.1) is 22.9 Å². The molecule has 0 amide bonds. The minimum atomic E-state index is -3.51. The summed E-state index contributed by atoms with van der Waals surface area (Å²) >= 11 is 0. The van der Waals surface area contributed by atoms with E-state index in [0.29, 0.717) is 37.3 Å². The lowest BCUT2D eigenvalue weighted by Gasteiger charge is -2.34. The van der Waals surface area contributed by atoms with Gasteiger partial charge in [-0.1, -0.05) is 0 Å². The Morgan fingerprint density at radius 2 is 1.95 bits per heavy atom. The van der Waals surface area contributed by atoms with E-state index in [-0.39, 0.29) is 4.90 Å². The predicted molar refractivity (Wildman–Crippen MR) is 69.8 cm³/mol. The SMILES string of the molecule is Cc1n[nH]c(C)c1S(=O)(=O)N1CCC(C)(C#N)CC1. The summed E-state index contributed by atoms with van der Waals surface area (Å²) < 4.78 is 26.6. The van der Waals surface area contributed by atoms with E-state index < -0.39 is 15.4 Å². The summed E-state index contributed by atoms with van der Waals surface area (Å²) in [6.45, 7) is 6.04. The molecular formula is C12H18N4O2S. The van der Waals surface area contributed by atoms with Gasteiger partial charge in [-0.15, -0.1) is 0 Å². The fourth-order valence-corrected chi connectivity index (χ4v) is 4.15. The molecule has 1 aliphatic rings. The predicted octanol–water partition coefficient (Wildman–Crippen LogP) is 1.34. The van der Waals surface area contributed by atoms with E-state index in [1.165, 1.54) is 4.31 Å². The molecular weight excluding hydrogens is 264 g/mol. The average Bonchev–Trinajstić information content (AvgIpc) is 2.70. The van der Waals surface area contributed by atoms with Gasteiger partial charge in [-0.25, -0.2) is 8.42 Å². The van der Waals surface area contributed by atoms with Crippen LogP contribution in [-0.4, -0.2) is 36.0 Å². The number of nitrogens with zero attached hydrogens (tertiary/aromatic N) is 3. The van der Waals surface area contributed by atoms with Gasteiger partial charge in [0.25, 0.3) is 0 Å². The third-order valence-electron chi connectivity index (χ3n) is 3.75. The van der Waals surface area contributed by atoms with Crippen LogP contribution in [0.5, 0.6) is 0 Å². The molecule has 1 aromatic heterocycles. The third-order valence-corrected chi connectivity index (χ3v) is 5.92. The Bertz CT molecular complexity index is 599. The van der Waals surface area contributed by atoms with Crippen LogP contribution in [0.25, 0.3) is 0 Å². The second-order valence-corrected chi connectivity index (χ2v) is 7.21. The van der Waals surface area contributed by atoms with Gasteiger partial charge in [0.15, 0.2) is 0 Å². The van der Waals surface area contributed by atoms with Gasteiger partial charge >= 0.3 is 0 Å². The molecule has 104 valence electrons. The van der Waals surface area contributed by atoms with E-state index >= 15 is 0 Å². The molecule has 6 nitrogen and oxygen atoms in total. The van der Waals surface area contributed by atoms with Crippen molar-refractivity contribution in [3.8, 4) is 6.07 Å². The van der Waals surface area contributed by atoms with Crippen molar-refractivity contribution in [1.29, 1.82) is 5.26 Å². The lowest BCUT2D eigenvalue weighted by Crippen LogP contribution is -2.41. The van der Waals surface area contributed by atoms with Crippen LogP contribution >= 0.6 is 0 Å². The van der Waals surface area contributed by atoms with Crippen molar-refractivity contribution in [2.75, 3.05) is 13.1 Å². The number of rotatable bonds is 2. The zero-order chi connectivity index (χ0) is 14.3. The maximum absolute atomic E-state index is 12.6. The fraction of sp³-hybridized carbons (Fsp3) is 0.667. The Labute approximate surface area is 113 Å². The zero-order valence-electron chi connectivity index (χ0n) is 11.4. The van der Waals surface area contributed by atoms with E-state index in [2.05, 4.69) is 16.3 Å². The maximum Gasteiger partial charge on any atom is 0.246 e. The molecule has 0 saturated carbocycles. The Kier molecular flexibility index (Phi) is 3.41. The number of piperidine rings is 1. The second-order valence-electron chi connectivity index (χ2n) is 5.34. The van der Waals surface area contributed by atoms with Crippen LogP contribution in [0, 0.1) is 30.6 Å². The fourth-order valence-electron chi connectivity index (χ4n) is 2.38. The van der Waals surface area contributed by atoms with Crippen LogP contribution in [0.3, 0.4) is 0 Å². The number of hydrogen-bond donors (Lipinski definition) is 1. The molecule has 0 unspecified atom stereocenters. The Balaban J connectivity index is 2.27. The maximum atomic E-state index is 12.6. The standard InChI is InChI=1S/C12H18N4O2S/c1-9-11(10(2)15-14-9)19(17,18)16-6-4-12(3,8-13)5-7-16/h4-7H2,1-3H3,(H,14,15). The Morgan fingerprint density at radius 1 is 1.37 bits per heavy atom. The van der Waals surface area contributed by atoms with Crippen LogP contribution in [0.4, 0.5) is 0 Å². The summed E-state index contributed by atoms with van der Waals surface area (Å²) in [7, 11) is -3.51. The van der Waals surface area contributed by atoms with Crippen molar-refractivity contribution in [2.45, 2.75) is 38.5 Å². The highest BCUT2D eigenvalue weighted by Gasteiger charge is 2.37. The number of aromatic amines is 1. The quantitative estimate of drug-likeness (QED) is 0.886. The molecule has 0 atom stereocenters. The monoisotopic (exact) mass is 282 g/mol. The first-order valence-electron chi connectivity index (χ1n) is 6.23. The van der Waals surface area contributed by atoms with Crippen LogP contribution in [0.2, 0.25) is 0 Å². The molecule has 1 saturated heterocycles. The van der Waals surface area contributed by atoms with Gasteiger partial charge in [0, 0.05) is 13.1 Å². The highest BCUT2D eigenvalue weighted by atomic mass is 32.2. The normalized spacial score (nSPS) is 20.1. The van der Waals surface area contributed by atoms with Gasteiger partial charge in [-0.05, 0) is 33.6 Å². The molecule has 0 aromatic carbocycles. The highest BCUT2D eigenvalue weighted by Crippen LogP contribution is 2.33. The van der Waals surface area contributed by atoms with Crippen LogP contribution in [0.15, 0.2) is 4.90 Å². The minimum Gasteiger partial charge on any atom is -0.281 e. The van der Waals surface area contributed by atoms with Crippen molar-refractivity contribution in [1.82, 2.24) is 14.5 Å². The Morgan fingerprint density at radius 3 is 2.37 bits per heavy atom. The molecule has 19 heavy (non-hydrogen) atoms. The molecule has 1 fully saturated rings. The molecule has 7 heteroatoms. The number of aromatic nitrogens is 2. The average molecular weight is 282 g/mol. The van der Waals surface area contributed by atoms with Crippen molar-refractivity contribution in [3.05, 3.63) is 11.4 Å². The van der Waals surface area contributed by atoms with Crippen molar-refractivity contribution in [2.24, 2.45) is 5.41 Å². The summed E-state index contributed by atoms with van der Waals surface area (Å²) in [6, 6.07) is 2.27. The van der Waals surface area contributed by atoms with Gasteiger partial charge in [0.1, 0.15) is 4.90 Å². The smallest absolute Gasteiger partial charge is 0.246 e. The summed E-state index contributed by atoms with van der Waals surface area (Å²) in [5, 5.41) is 15.7. The lowest BCUT2D eigenvalue weighted by molar-refractivity contribution is 0.232. The van der Waals surface area contributed by atoms with E-state index in [9.17, 15) is 8.42 Å². The number of hydrogen-bond acceptors (Lipinski definition) is 4. The summed E-state index contributed by atoms with van der Waals surface area (Å²) in [4.78, 5) is 0.271. The molecule has 2 heterocycles. The molecule has 1 aromatic rings. The molecule has 0 spiro atoms. The first-order chi connectivity index (χ1) is 8.80. The number of aryl methyl sites for hydroxylation is 2. The lowest BCUT2D eigenvalue weighted by atomic mass is 9.83. The van der Waals surface area contributed by atoms with Gasteiger partial charge in [0.2, 0.25) is 10.0 Å². The van der Waals surface area contributed by atoms with Crippen LogP contribution < -0.4 is 0 Å². The van der Waals surface area contributed by atoms with Crippen LogP contribution in [-0.2, 0) is 10.0 Å². The molecule has 0 bridgehead atoms. The number of H-pyrrole nitrogens is 1. The summed E-state index contributed by atoms with van der Waals surface area (Å²) in [6.07, 6.45) is 1.14. The highest BCUT2D eigenvalue weighted by molar-refractivity contribution is 7.89. The molecule has 1 N–H and O–H groups in total. The van der Waals surface area contributed by atoms with E-state index in [4.69, 9.17) is 5.26 Å². The minimum absolute atomic E-state index is 0.271. The van der Waals surface area contributed by atoms with Crippen molar-refractivity contribution in [3.63, 3.8) is 0 Å². The molecule has 0 aliphatic carbocycles. The molecule has 2 rings (SSSR count). The first-order valence-corrected chi connectivity index (χ1v) is 7.67. The van der Waals surface area contributed by atoms with E-state index in [1.54, 1.807) is 13.8 Å². The largest absolute Gasteiger partial charge is 0.281 e. The third kappa shape index (κ3) is 2.38. The first kappa shape index (κ1) is 14.0. The van der Waals surface area contributed by atoms with Crippen molar-refractivity contribution < 1.29 is 8.42 Å². The van der Waals surface area contributed by atoms with Gasteiger partial charge in [-0.2, -0.15) is 14.7 Å². The number of sulfonamides is 1. The number of nitriles is 1. The zero-order valence-corrected chi connectivity index (χ0v) is 12.2.